The Labute approximate surface area is 173 Å². The standard InChI is InChI=1S/C24H21N3O3/c1-29-17-9-6-16(7-10-17)20-19-11-8-15-4-2-3-5-18(15)22(19)30-24-21(20)23(25)27(12-13-28)14-26-24/h2-11,14,20,25,28H,12-13H2,1H3/t20-/m1/s1. The molecule has 0 spiro atoms. The minimum absolute atomic E-state index is 0.0632. The molecule has 6 nitrogen and oxygen atoms in total. The predicted octanol–water partition coefficient (Wildman–Crippen LogP) is 3.80. The van der Waals surface area contributed by atoms with Gasteiger partial charge in [-0.05, 0) is 23.1 Å². The largest absolute Gasteiger partial charge is 0.497 e. The Morgan fingerprint density at radius 2 is 1.90 bits per heavy atom. The molecule has 0 unspecified atom stereocenters. The molecule has 6 heteroatoms. The molecule has 0 bridgehead atoms. The van der Waals surface area contributed by atoms with E-state index in [0.717, 1.165) is 33.4 Å². The molecule has 3 aromatic carbocycles. The SMILES string of the molecule is COc1ccc([C@@H]2c3ccc4ccccc4c3Oc3ncn(CCO)c(=N)c32)cc1. The smallest absolute Gasteiger partial charge is 0.228 e. The van der Waals surface area contributed by atoms with Gasteiger partial charge in [-0.25, -0.2) is 4.98 Å². The highest BCUT2D eigenvalue weighted by molar-refractivity contribution is 5.91. The van der Waals surface area contributed by atoms with Crippen molar-refractivity contribution in [3.63, 3.8) is 0 Å². The van der Waals surface area contributed by atoms with Crippen LogP contribution in [0.3, 0.4) is 0 Å². The van der Waals surface area contributed by atoms with Gasteiger partial charge >= 0.3 is 0 Å². The predicted molar refractivity (Wildman–Crippen MR) is 113 cm³/mol. The minimum Gasteiger partial charge on any atom is -0.497 e. The molecule has 1 atom stereocenters. The van der Waals surface area contributed by atoms with Crippen molar-refractivity contribution >= 4 is 10.8 Å². The molecule has 1 aliphatic rings. The summed E-state index contributed by atoms with van der Waals surface area (Å²) in [5, 5.41) is 20.3. The fraction of sp³-hybridized carbons (Fsp3) is 0.167. The van der Waals surface area contributed by atoms with Gasteiger partial charge in [-0.3, -0.25) is 5.41 Å². The number of nitrogens with zero attached hydrogens (tertiary/aromatic N) is 2. The maximum atomic E-state index is 9.39. The Morgan fingerprint density at radius 1 is 1.10 bits per heavy atom. The number of hydrogen-bond acceptors (Lipinski definition) is 5. The highest BCUT2D eigenvalue weighted by atomic mass is 16.5. The van der Waals surface area contributed by atoms with Crippen molar-refractivity contribution in [2.45, 2.75) is 12.5 Å². The van der Waals surface area contributed by atoms with Crippen LogP contribution in [-0.2, 0) is 6.54 Å². The van der Waals surface area contributed by atoms with E-state index in [-0.39, 0.29) is 18.0 Å². The number of ether oxygens (including phenoxy) is 2. The second-order valence-electron chi connectivity index (χ2n) is 7.24. The lowest BCUT2D eigenvalue weighted by Crippen LogP contribution is -2.30. The fourth-order valence-corrected chi connectivity index (χ4v) is 4.12. The number of methoxy groups -OCH3 is 1. The first-order chi connectivity index (χ1) is 14.7. The molecule has 1 aliphatic heterocycles. The van der Waals surface area contributed by atoms with E-state index >= 15 is 0 Å². The van der Waals surface area contributed by atoms with Gasteiger partial charge in [0, 0.05) is 23.4 Å². The third kappa shape index (κ3) is 2.84. The summed E-state index contributed by atoms with van der Waals surface area (Å²) in [5.41, 5.74) is 2.99. The van der Waals surface area contributed by atoms with Crippen LogP contribution in [0.4, 0.5) is 0 Å². The van der Waals surface area contributed by atoms with Crippen molar-refractivity contribution < 1.29 is 14.6 Å². The molecule has 0 amide bonds. The average molecular weight is 399 g/mol. The molecule has 0 saturated heterocycles. The van der Waals surface area contributed by atoms with E-state index in [4.69, 9.17) is 14.9 Å². The topological polar surface area (TPSA) is 80.4 Å². The summed E-state index contributed by atoms with van der Waals surface area (Å²) in [6, 6.07) is 20.1. The lowest BCUT2D eigenvalue weighted by molar-refractivity contribution is 0.271. The van der Waals surface area contributed by atoms with E-state index in [9.17, 15) is 5.11 Å². The fourth-order valence-electron chi connectivity index (χ4n) is 4.12. The summed E-state index contributed by atoms with van der Waals surface area (Å²) in [6.07, 6.45) is 1.55. The molecule has 0 fully saturated rings. The maximum absolute atomic E-state index is 9.39. The number of benzene rings is 3. The van der Waals surface area contributed by atoms with E-state index in [1.165, 1.54) is 0 Å². The van der Waals surface area contributed by atoms with Crippen LogP contribution in [0.15, 0.2) is 67.0 Å². The summed E-state index contributed by atoms with van der Waals surface area (Å²) in [4.78, 5) is 4.50. The Hall–Kier alpha value is -3.64. The van der Waals surface area contributed by atoms with Crippen molar-refractivity contribution in [2.24, 2.45) is 0 Å². The number of hydrogen-bond donors (Lipinski definition) is 2. The van der Waals surface area contributed by atoms with Crippen molar-refractivity contribution in [2.75, 3.05) is 13.7 Å². The molecule has 1 aromatic heterocycles. The van der Waals surface area contributed by atoms with E-state index in [1.54, 1.807) is 18.0 Å². The van der Waals surface area contributed by atoms with Crippen LogP contribution in [0, 0.1) is 5.41 Å². The molecule has 0 aliphatic carbocycles. The van der Waals surface area contributed by atoms with Crippen LogP contribution in [0.1, 0.15) is 22.6 Å². The zero-order chi connectivity index (χ0) is 20.7. The Bertz CT molecular complexity index is 1300. The molecule has 2 N–H and O–H groups in total. The zero-order valence-corrected chi connectivity index (χ0v) is 16.5. The van der Waals surface area contributed by atoms with Crippen molar-refractivity contribution in [3.8, 4) is 17.4 Å². The molecule has 2 heterocycles. The van der Waals surface area contributed by atoms with Crippen LogP contribution in [-0.4, -0.2) is 28.4 Å². The molecule has 30 heavy (non-hydrogen) atoms. The van der Waals surface area contributed by atoms with Crippen LogP contribution < -0.4 is 15.0 Å². The number of fused-ring (bicyclic) bond motifs is 4. The van der Waals surface area contributed by atoms with Gasteiger partial charge in [-0.1, -0.05) is 48.5 Å². The number of aliphatic hydroxyl groups excluding tert-OH is 1. The van der Waals surface area contributed by atoms with Gasteiger partial charge in [0.2, 0.25) is 5.88 Å². The van der Waals surface area contributed by atoms with Gasteiger partial charge < -0.3 is 19.1 Å². The summed E-state index contributed by atoms with van der Waals surface area (Å²) in [5.74, 6) is 1.76. The van der Waals surface area contributed by atoms with Gasteiger partial charge in [0.15, 0.2) is 0 Å². The summed E-state index contributed by atoms with van der Waals surface area (Å²) in [6.45, 7) is 0.241. The van der Waals surface area contributed by atoms with E-state index < -0.39 is 0 Å². The molecule has 4 aromatic rings. The van der Waals surface area contributed by atoms with Gasteiger partial charge in [-0.15, -0.1) is 0 Å². The van der Waals surface area contributed by atoms with Crippen molar-refractivity contribution in [3.05, 3.63) is 89.2 Å². The molecular weight excluding hydrogens is 378 g/mol. The second-order valence-corrected chi connectivity index (χ2v) is 7.24. The highest BCUT2D eigenvalue weighted by Gasteiger charge is 2.33. The first-order valence-corrected chi connectivity index (χ1v) is 9.79. The monoisotopic (exact) mass is 399 g/mol. The zero-order valence-electron chi connectivity index (χ0n) is 16.5. The summed E-state index contributed by atoms with van der Waals surface area (Å²) < 4.78 is 13.2. The molecule has 5 rings (SSSR count). The number of aliphatic hydroxyl groups is 1. The second kappa shape index (κ2) is 7.31. The molecule has 150 valence electrons. The number of aromatic nitrogens is 2. The first kappa shape index (κ1) is 18.4. The van der Waals surface area contributed by atoms with Gasteiger partial charge in [-0.2, -0.15) is 0 Å². The van der Waals surface area contributed by atoms with Crippen LogP contribution in [0.5, 0.6) is 17.4 Å². The molecule has 0 radical (unpaired) electrons. The Morgan fingerprint density at radius 3 is 2.67 bits per heavy atom. The number of nitrogens with one attached hydrogen (secondary N) is 1. The molecule has 0 saturated carbocycles. The van der Waals surface area contributed by atoms with Gasteiger partial charge in [0.1, 0.15) is 23.3 Å². The maximum Gasteiger partial charge on any atom is 0.228 e. The van der Waals surface area contributed by atoms with E-state index in [0.29, 0.717) is 18.0 Å². The summed E-state index contributed by atoms with van der Waals surface area (Å²) in [7, 11) is 1.64. The number of rotatable bonds is 4. The lowest BCUT2D eigenvalue weighted by atomic mass is 9.83. The minimum atomic E-state index is -0.217. The Kier molecular flexibility index (Phi) is 4.48. The van der Waals surface area contributed by atoms with Crippen molar-refractivity contribution in [1.29, 1.82) is 5.41 Å². The quantitative estimate of drug-likeness (QED) is 0.482. The van der Waals surface area contributed by atoms with Crippen LogP contribution >= 0.6 is 0 Å². The van der Waals surface area contributed by atoms with E-state index in [1.807, 2.05) is 42.5 Å². The average Bonchev–Trinajstić information content (AvgIpc) is 2.80. The van der Waals surface area contributed by atoms with Gasteiger partial charge in [0.05, 0.1) is 19.3 Å². The summed E-state index contributed by atoms with van der Waals surface area (Å²) >= 11 is 0. The van der Waals surface area contributed by atoms with E-state index in [2.05, 4.69) is 23.2 Å². The molecular formula is C24H21N3O3. The van der Waals surface area contributed by atoms with Gasteiger partial charge in [0.25, 0.3) is 0 Å². The Balaban J connectivity index is 1.79. The van der Waals surface area contributed by atoms with Crippen LogP contribution in [0.2, 0.25) is 0 Å². The third-order valence-corrected chi connectivity index (χ3v) is 5.59. The van der Waals surface area contributed by atoms with Crippen molar-refractivity contribution in [1.82, 2.24) is 9.55 Å². The van der Waals surface area contributed by atoms with Crippen LogP contribution in [0.25, 0.3) is 10.8 Å². The highest BCUT2D eigenvalue weighted by Crippen LogP contribution is 2.47. The third-order valence-electron chi connectivity index (χ3n) is 5.59. The lowest BCUT2D eigenvalue weighted by Gasteiger charge is -2.29. The first-order valence-electron chi connectivity index (χ1n) is 9.79. The normalized spacial score (nSPS) is 14.7.